The number of anilines is 1. The van der Waals surface area contributed by atoms with E-state index in [2.05, 4.69) is 30.9 Å². The highest BCUT2D eigenvalue weighted by Gasteiger charge is 2.16. The van der Waals surface area contributed by atoms with Gasteiger partial charge >= 0.3 is 0 Å². The van der Waals surface area contributed by atoms with Crippen molar-refractivity contribution in [2.75, 3.05) is 5.73 Å². The molecule has 0 saturated carbocycles. The number of hydrogen-bond acceptors (Lipinski definition) is 4. The van der Waals surface area contributed by atoms with Crippen molar-refractivity contribution in [2.45, 2.75) is 0 Å². The van der Waals surface area contributed by atoms with E-state index in [1.807, 2.05) is 0 Å². The largest absolute Gasteiger partial charge is 0.382 e. The SMILES string of the molecule is Nc1nc(F)c(Br)nc1-c1cc(F)c2c(=O)[nH]cc(F)c2c1. The summed E-state index contributed by atoms with van der Waals surface area (Å²) in [6.45, 7) is 0. The van der Waals surface area contributed by atoms with Gasteiger partial charge in [-0.1, -0.05) is 0 Å². The second-order valence-corrected chi connectivity index (χ2v) is 5.14. The summed E-state index contributed by atoms with van der Waals surface area (Å²) in [5.41, 5.74) is 4.84. The summed E-state index contributed by atoms with van der Waals surface area (Å²) in [5.74, 6) is -2.98. The molecular formula is C13H6BrF3N4O. The summed E-state index contributed by atoms with van der Waals surface area (Å²) < 4.78 is 41.0. The van der Waals surface area contributed by atoms with Gasteiger partial charge in [-0.25, -0.2) is 13.8 Å². The Hall–Kier alpha value is -2.42. The van der Waals surface area contributed by atoms with E-state index in [0.717, 1.165) is 12.3 Å². The molecule has 112 valence electrons. The Morgan fingerprint density at radius 2 is 1.86 bits per heavy atom. The molecule has 0 atom stereocenters. The highest BCUT2D eigenvalue weighted by Crippen LogP contribution is 2.29. The van der Waals surface area contributed by atoms with Crippen molar-refractivity contribution in [2.24, 2.45) is 0 Å². The van der Waals surface area contributed by atoms with Crippen molar-refractivity contribution in [3.63, 3.8) is 0 Å². The molecule has 3 rings (SSSR count). The molecule has 0 radical (unpaired) electrons. The Labute approximate surface area is 129 Å². The standard InChI is InChI=1S/C13H6BrF3N4O/c14-10-11(17)21-12(18)9(20-10)4-1-5-7(16)3-19-13(22)8(5)6(15)2-4/h1-3H,(H2,18,21)(H,19,22). The predicted octanol–water partition coefficient (Wildman–Crippen LogP) is 2.75. The van der Waals surface area contributed by atoms with Crippen LogP contribution in [0.5, 0.6) is 0 Å². The molecule has 5 nitrogen and oxygen atoms in total. The van der Waals surface area contributed by atoms with Gasteiger partial charge in [-0.15, -0.1) is 0 Å². The number of hydrogen-bond donors (Lipinski definition) is 2. The topological polar surface area (TPSA) is 84.7 Å². The van der Waals surface area contributed by atoms with Gasteiger partial charge in [-0.05, 0) is 28.1 Å². The number of nitrogens with one attached hydrogen (secondary N) is 1. The van der Waals surface area contributed by atoms with Gasteiger partial charge in [0.25, 0.3) is 5.56 Å². The molecule has 0 aliphatic rings. The Balaban J connectivity index is 2.37. The molecule has 0 aliphatic heterocycles. The second kappa shape index (κ2) is 5.09. The maximum atomic E-state index is 14.1. The van der Waals surface area contributed by atoms with Crippen LogP contribution < -0.4 is 11.3 Å². The first kappa shape index (κ1) is 14.5. The first-order valence-electron chi connectivity index (χ1n) is 5.88. The molecule has 22 heavy (non-hydrogen) atoms. The van der Waals surface area contributed by atoms with Crippen LogP contribution in [0.15, 0.2) is 27.7 Å². The highest BCUT2D eigenvalue weighted by molar-refractivity contribution is 9.10. The van der Waals surface area contributed by atoms with Crippen LogP contribution in [0.4, 0.5) is 19.0 Å². The summed E-state index contributed by atoms with van der Waals surface area (Å²) in [5, 5.41) is -0.656. The third-order valence-corrected chi connectivity index (χ3v) is 3.52. The lowest BCUT2D eigenvalue weighted by atomic mass is 10.1. The van der Waals surface area contributed by atoms with Gasteiger partial charge in [0.15, 0.2) is 10.4 Å². The third kappa shape index (κ3) is 2.23. The Bertz CT molecular complexity index is 974. The van der Waals surface area contributed by atoms with Crippen LogP contribution in [-0.4, -0.2) is 15.0 Å². The smallest absolute Gasteiger partial charge is 0.258 e. The minimum atomic E-state index is -0.949. The van der Waals surface area contributed by atoms with E-state index in [1.54, 1.807) is 0 Å². The first-order chi connectivity index (χ1) is 10.4. The van der Waals surface area contributed by atoms with Gasteiger partial charge < -0.3 is 10.7 Å². The molecule has 0 amide bonds. The quantitative estimate of drug-likeness (QED) is 0.689. The minimum Gasteiger partial charge on any atom is -0.382 e. The van der Waals surface area contributed by atoms with E-state index < -0.39 is 28.5 Å². The van der Waals surface area contributed by atoms with Crippen LogP contribution in [0.2, 0.25) is 0 Å². The van der Waals surface area contributed by atoms with Crippen molar-refractivity contribution >= 4 is 32.5 Å². The number of nitrogens with zero attached hydrogens (tertiary/aromatic N) is 2. The number of nitrogen functional groups attached to an aromatic ring is 1. The normalized spacial score (nSPS) is 11.1. The van der Waals surface area contributed by atoms with Crippen LogP contribution in [0.1, 0.15) is 0 Å². The monoisotopic (exact) mass is 370 g/mol. The second-order valence-electron chi connectivity index (χ2n) is 4.39. The van der Waals surface area contributed by atoms with E-state index in [9.17, 15) is 18.0 Å². The fraction of sp³-hybridized carbons (Fsp3) is 0. The van der Waals surface area contributed by atoms with Crippen LogP contribution in [0.3, 0.4) is 0 Å². The summed E-state index contributed by atoms with van der Waals surface area (Å²) >= 11 is 2.84. The van der Waals surface area contributed by atoms with Crippen LogP contribution in [0.25, 0.3) is 22.0 Å². The van der Waals surface area contributed by atoms with E-state index in [1.165, 1.54) is 6.07 Å². The summed E-state index contributed by atoms with van der Waals surface area (Å²) in [6.07, 6.45) is 0.823. The average molecular weight is 371 g/mol. The Morgan fingerprint density at radius 1 is 1.14 bits per heavy atom. The van der Waals surface area contributed by atoms with Crippen LogP contribution in [-0.2, 0) is 0 Å². The highest BCUT2D eigenvalue weighted by atomic mass is 79.9. The number of pyridine rings is 1. The van der Waals surface area contributed by atoms with Crippen molar-refractivity contribution < 1.29 is 13.2 Å². The average Bonchev–Trinajstić information content (AvgIpc) is 2.46. The summed E-state index contributed by atoms with van der Waals surface area (Å²) in [7, 11) is 0. The molecule has 2 heterocycles. The van der Waals surface area contributed by atoms with Gasteiger partial charge in [-0.3, -0.25) is 4.79 Å². The van der Waals surface area contributed by atoms with Gasteiger partial charge in [0.05, 0.1) is 5.39 Å². The first-order valence-corrected chi connectivity index (χ1v) is 6.67. The number of aromatic amines is 1. The number of aromatic nitrogens is 3. The molecule has 3 aromatic rings. The zero-order valence-corrected chi connectivity index (χ0v) is 12.2. The molecule has 0 aliphatic carbocycles. The fourth-order valence-electron chi connectivity index (χ4n) is 2.06. The van der Waals surface area contributed by atoms with Crippen molar-refractivity contribution in [1.29, 1.82) is 0 Å². The predicted molar refractivity (Wildman–Crippen MR) is 77.6 cm³/mol. The fourth-order valence-corrected chi connectivity index (χ4v) is 2.33. The lowest BCUT2D eigenvalue weighted by molar-refractivity contribution is 0.571. The van der Waals surface area contributed by atoms with E-state index in [-0.39, 0.29) is 27.1 Å². The van der Waals surface area contributed by atoms with Crippen molar-refractivity contribution in [3.8, 4) is 11.3 Å². The molecule has 0 saturated heterocycles. The maximum Gasteiger partial charge on any atom is 0.258 e. The molecule has 2 aromatic heterocycles. The minimum absolute atomic E-state index is 0.0336. The zero-order valence-electron chi connectivity index (χ0n) is 10.6. The lowest BCUT2D eigenvalue weighted by Gasteiger charge is -2.08. The van der Waals surface area contributed by atoms with Gasteiger partial charge in [0.1, 0.15) is 17.3 Å². The molecule has 0 bridgehead atoms. The zero-order chi connectivity index (χ0) is 16.0. The van der Waals surface area contributed by atoms with Crippen molar-refractivity contribution in [3.05, 3.63) is 50.9 Å². The lowest BCUT2D eigenvalue weighted by Crippen LogP contribution is -2.09. The van der Waals surface area contributed by atoms with Crippen LogP contribution >= 0.6 is 15.9 Å². The van der Waals surface area contributed by atoms with E-state index in [0.29, 0.717) is 0 Å². The molecule has 0 fully saturated rings. The van der Waals surface area contributed by atoms with Gasteiger partial charge in [0.2, 0.25) is 5.95 Å². The molecule has 0 spiro atoms. The Kier molecular flexibility index (Phi) is 3.36. The molecule has 3 N–H and O–H groups in total. The number of halogens is 4. The Morgan fingerprint density at radius 3 is 2.59 bits per heavy atom. The third-order valence-electron chi connectivity index (χ3n) is 3.02. The van der Waals surface area contributed by atoms with E-state index >= 15 is 0 Å². The van der Waals surface area contributed by atoms with E-state index in [4.69, 9.17) is 5.73 Å². The van der Waals surface area contributed by atoms with Crippen molar-refractivity contribution in [1.82, 2.24) is 15.0 Å². The summed E-state index contributed by atoms with van der Waals surface area (Å²) in [6, 6.07) is 2.16. The van der Waals surface area contributed by atoms with Gasteiger partial charge in [0, 0.05) is 17.1 Å². The molecular weight excluding hydrogens is 365 g/mol. The molecule has 0 unspecified atom stereocenters. The number of H-pyrrole nitrogens is 1. The summed E-state index contributed by atoms with van der Waals surface area (Å²) in [4.78, 5) is 20.9. The van der Waals surface area contributed by atoms with Gasteiger partial charge in [-0.2, -0.15) is 9.37 Å². The maximum absolute atomic E-state index is 14.1. The molecule has 1 aromatic carbocycles. The number of rotatable bonds is 1. The number of nitrogens with two attached hydrogens (primary N) is 1. The molecule has 9 heteroatoms. The number of benzene rings is 1. The number of fused-ring (bicyclic) bond motifs is 1. The van der Waals surface area contributed by atoms with Crippen LogP contribution in [0, 0.1) is 17.6 Å².